The molecule has 0 aliphatic heterocycles. The van der Waals surface area contributed by atoms with Crippen molar-refractivity contribution in [1.82, 2.24) is 0 Å². The van der Waals surface area contributed by atoms with Gasteiger partial charge in [-0.1, -0.05) is 43.4 Å². The van der Waals surface area contributed by atoms with E-state index in [0.717, 1.165) is 31.4 Å². The topological polar surface area (TPSA) is 3.88 Å². The van der Waals surface area contributed by atoms with Crippen LogP contribution in [0, 0.1) is 18.8 Å². The first kappa shape index (κ1) is 15.3. The second kappa shape index (κ2) is 8.27. The molecule has 0 aliphatic carbocycles. The SMILES string of the molecule is CCCc1ccc(C#CCCC[n+]2ccccc2C)cc1. The molecule has 2 aromatic rings. The summed E-state index contributed by atoms with van der Waals surface area (Å²) in [5.41, 5.74) is 3.83. The lowest BCUT2D eigenvalue weighted by molar-refractivity contribution is -0.703. The van der Waals surface area contributed by atoms with Crippen LogP contribution in [0.3, 0.4) is 0 Å². The third-order valence-electron chi connectivity index (χ3n) is 3.59. The van der Waals surface area contributed by atoms with Crippen molar-refractivity contribution in [3.8, 4) is 11.8 Å². The molecule has 0 amide bonds. The van der Waals surface area contributed by atoms with Gasteiger partial charge in [-0.15, -0.1) is 0 Å². The summed E-state index contributed by atoms with van der Waals surface area (Å²) in [5.74, 6) is 6.54. The van der Waals surface area contributed by atoms with Crippen LogP contribution in [-0.2, 0) is 13.0 Å². The Balaban J connectivity index is 1.80. The summed E-state index contributed by atoms with van der Waals surface area (Å²) in [4.78, 5) is 0. The minimum Gasteiger partial charge on any atom is -0.203 e. The van der Waals surface area contributed by atoms with Crippen molar-refractivity contribution < 1.29 is 4.57 Å². The largest absolute Gasteiger partial charge is 0.203 e. The van der Waals surface area contributed by atoms with Gasteiger partial charge in [0.15, 0.2) is 11.9 Å². The molecule has 0 unspecified atom stereocenters. The molecule has 0 bridgehead atoms. The van der Waals surface area contributed by atoms with E-state index in [9.17, 15) is 0 Å². The second-order valence-electron chi connectivity index (χ2n) is 5.39. The van der Waals surface area contributed by atoms with Gasteiger partial charge in [-0.25, -0.2) is 4.57 Å². The van der Waals surface area contributed by atoms with Crippen molar-refractivity contribution in [1.29, 1.82) is 0 Å². The Hall–Kier alpha value is -2.07. The average molecular weight is 278 g/mol. The number of aryl methyl sites for hydroxylation is 3. The highest BCUT2D eigenvalue weighted by Gasteiger charge is 2.02. The van der Waals surface area contributed by atoms with Crippen molar-refractivity contribution in [3.63, 3.8) is 0 Å². The number of hydrogen-bond acceptors (Lipinski definition) is 0. The molecule has 108 valence electrons. The smallest absolute Gasteiger partial charge is 0.178 e. The Morgan fingerprint density at radius 3 is 2.57 bits per heavy atom. The molecule has 1 heterocycles. The van der Waals surface area contributed by atoms with E-state index >= 15 is 0 Å². The lowest BCUT2D eigenvalue weighted by atomic mass is 10.1. The molecule has 1 nitrogen and oxygen atoms in total. The lowest BCUT2D eigenvalue weighted by Crippen LogP contribution is -2.36. The third kappa shape index (κ3) is 5.08. The van der Waals surface area contributed by atoms with Crippen molar-refractivity contribution in [2.75, 3.05) is 0 Å². The first-order chi connectivity index (χ1) is 10.3. The van der Waals surface area contributed by atoms with Gasteiger partial charge in [0.2, 0.25) is 0 Å². The van der Waals surface area contributed by atoms with Crippen molar-refractivity contribution >= 4 is 0 Å². The fraction of sp³-hybridized carbons (Fsp3) is 0.350. The van der Waals surface area contributed by atoms with Crippen LogP contribution >= 0.6 is 0 Å². The third-order valence-corrected chi connectivity index (χ3v) is 3.59. The van der Waals surface area contributed by atoms with E-state index in [0.29, 0.717) is 0 Å². The van der Waals surface area contributed by atoms with E-state index in [1.54, 1.807) is 0 Å². The molecule has 1 heteroatoms. The molecule has 0 saturated heterocycles. The number of aromatic nitrogens is 1. The summed E-state index contributed by atoms with van der Waals surface area (Å²) in [6, 6.07) is 14.9. The summed E-state index contributed by atoms with van der Waals surface area (Å²) in [5, 5.41) is 0. The van der Waals surface area contributed by atoms with E-state index in [4.69, 9.17) is 0 Å². The second-order valence-corrected chi connectivity index (χ2v) is 5.39. The zero-order valence-electron chi connectivity index (χ0n) is 13.1. The van der Waals surface area contributed by atoms with E-state index in [1.165, 1.54) is 17.7 Å². The maximum atomic E-state index is 3.28. The Labute approximate surface area is 128 Å². The van der Waals surface area contributed by atoms with Gasteiger partial charge in [-0.2, -0.15) is 0 Å². The quantitative estimate of drug-likeness (QED) is 0.441. The zero-order chi connectivity index (χ0) is 14.9. The van der Waals surface area contributed by atoms with Crippen LogP contribution in [0.5, 0.6) is 0 Å². The first-order valence-corrected chi connectivity index (χ1v) is 7.82. The molecular formula is C20H24N+. The van der Waals surface area contributed by atoms with Crippen molar-refractivity contribution in [2.24, 2.45) is 0 Å². The molecule has 21 heavy (non-hydrogen) atoms. The molecule has 1 aromatic carbocycles. The van der Waals surface area contributed by atoms with Gasteiger partial charge in [0, 0.05) is 37.5 Å². The van der Waals surface area contributed by atoms with Crippen molar-refractivity contribution in [2.45, 2.75) is 46.1 Å². The summed E-state index contributed by atoms with van der Waals surface area (Å²) < 4.78 is 2.28. The van der Waals surface area contributed by atoms with Crippen LogP contribution in [0.15, 0.2) is 48.7 Å². The van der Waals surface area contributed by atoms with Gasteiger partial charge < -0.3 is 0 Å². The summed E-state index contributed by atoms with van der Waals surface area (Å²) in [6.45, 7) is 5.39. The van der Waals surface area contributed by atoms with Gasteiger partial charge >= 0.3 is 0 Å². The minimum atomic E-state index is 0.943. The molecule has 2 rings (SSSR count). The molecule has 0 spiro atoms. The molecule has 1 aromatic heterocycles. The summed E-state index contributed by atoms with van der Waals surface area (Å²) >= 11 is 0. The Bertz CT molecular complexity index is 614. The Morgan fingerprint density at radius 2 is 1.86 bits per heavy atom. The summed E-state index contributed by atoms with van der Waals surface area (Å²) in [6.07, 6.45) is 6.52. The van der Waals surface area contributed by atoms with Crippen molar-refractivity contribution in [3.05, 3.63) is 65.5 Å². The van der Waals surface area contributed by atoms with E-state index in [1.807, 2.05) is 0 Å². The number of pyridine rings is 1. The maximum Gasteiger partial charge on any atom is 0.178 e. The number of nitrogens with zero attached hydrogens (tertiary/aromatic N) is 1. The Kier molecular flexibility index (Phi) is 6.03. The highest BCUT2D eigenvalue weighted by atomic mass is 14.9. The predicted molar refractivity (Wildman–Crippen MR) is 87.9 cm³/mol. The van der Waals surface area contributed by atoms with E-state index < -0.39 is 0 Å². The molecule has 0 N–H and O–H groups in total. The molecule has 0 saturated carbocycles. The normalized spacial score (nSPS) is 10.0. The van der Waals surface area contributed by atoms with E-state index in [2.05, 4.69) is 78.9 Å². The fourth-order valence-electron chi connectivity index (χ4n) is 2.36. The van der Waals surface area contributed by atoms with E-state index in [-0.39, 0.29) is 0 Å². The van der Waals surface area contributed by atoms with Crippen LogP contribution in [0.4, 0.5) is 0 Å². The van der Waals surface area contributed by atoms with Gasteiger partial charge in [-0.05, 0) is 24.1 Å². The van der Waals surface area contributed by atoms with Gasteiger partial charge in [0.25, 0.3) is 0 Å². The maximum absolute atomic E-state index is 3.28. The average Bonchev–Trinajstić information content (AvgIpc) is 2.51. The zero-order valence-corrected chi connectivity index (χ0v) is 13.1. The van der Waals surface area contributed by atoms with Gasteiger partial charge in [0.05, 0.1) is 0 Å². The number of hydrogen-bond donors (Lipinski definition) is 0. The number of unbranched alkanes of at least 4 members (excludes halogenated alkanes) is 1. The van der Waals surface area contributed by atoms with Crippen LogP contribution in [0.25, 0.3) is 0 Å². The standard InChI is InChI=1S/C20H24N/c1-3-9-19-12-14-20(15-13-19)11-5-4-7-16-21-17-8-6-10-18(21)2/h6,8,10,12-15,17H,3-4,7,9,16H2,1-2H3/q+1. The molecule has 0 radical (unpaired) electrons. The van der Waals surface area contributed by atoms with Crippen LogP contribution < -0.4 is 4.57 Å². The molecule has 0 aliphatic rings. The predicted octanol–water partition coefficient (Wildman–Crippen LogP) is 4.07. The monoisotopic (exact) mass is 278 g/mol. The van der Waals surface area contributed by atoms with Crippen LogP contribution in [0.1, 0.15) is 43.0 Å². The number of benzene rings is 1. The molecular weight excluding hydrogens is 254 g/mol. The van der Waals surface area contributed by atoms with Crippen LogP contribution in [0.2, 0.25) is 0 Å². The number of rotatable bonds is 5. The highest BCUT2D eigenvalue weighted by molar-refractivity contribution is 5.36. The molecule has 0 fully saturated rings. The fourth-order valence-corrected chi connectivity index (χ4v) is 2.36. The van der Waals surface area contributed by atoms with Crippen LogP contribution in [-0.4, -0.2) is 0 Å². The van der Waals surface area contributed by atoms with Gasteiger partial charge in [0.1, 0.15) is 6.54 Å². The first-order valence-electron chi connectivity index (χ1n) is 7.82. The van der Waals surface area contributed by atoms with Gasteiger partial charge in [-0.3, -0.25) is 0 Å². The Morgan fingerprint density at radius 1 is 1.05 bits per heavy atom. The lowest BCUT2D eigenvalue weighted by Gasteiger charge is -1.98. The minimum absolute atomic E-state index is 0.943. The summed E-state index contributed by atoms with van der Waals surface area (Å²) in [7, 11) is 0. The molecule has 0 atom stereocenters. The highest BCUT2D eigenvalue weighted by Crippen LogP contribution is 2.05.